The minimum Gasteiger partial charge on any atom is -0.341 e. The van der Waals surface area contributed by atoms with E-state index >= 15 is 0 Å². The molecule has 0 aliphatic carbocycles. The molecule has 0 fully saturated rings. The molecule has 2 nitrogen and oxygen atoms in total. The van der Waals surface area contributed by atoms with Crippen LogP contribution < -0.4 is 5.32 Å². The first-order valence-electron chi connectivity index (χ1n) is 5.34. The Labute approximate surface area is 112 Å². The fraction of sp³-hybridized carbons (Fsp3) is 0.417. The molecule has 0 aromatic heterocycles. The van der Waals surface area contributed by atoms with Crippen LogP contribution in [0.15, 0.2) is 28.7 Å². The molecule has 100 valence electrons. The Hall–Kier alpha value is -1.04. The van der Waals surface area contributed by atoms with Gasteiger partial charge in [-0.3, -0.25) is 4.79 Å². The zero-order valence-electron chi connectivity index (χ0n) is 9.88. The Kier molecular flexibility index (Phi) is 4.78. The Balaban J connectivity index is 2.99. The first kappa shape index (κ1) is 15.0. The zero-order valence-corrected chi connectivity index (χ0v) is 11.5. The molecule has 6 heteroatoms. The molecule has 0 saturated carbocycles. The van der Waals surface area contributed by atoms with E-state index in [1.165, 1.54) is 24.3 Å². The highest BCUT2D eigenvalue weighted by molar-refractivity contribution is 9.10. The number of nitrogens with one attached hydrogen (secondary N) is 1. The summed E-state index contributed by atoms with van der Waals surface area (Å²) < 4.78 is 39.4. The van der Waals surface area contributed by atoms with Gasteiger partial charge in [-0.2, -0.15) is 13.2 Å². The lowest BCUT2D eigenvalue weighted by atomic mass is 10.1. The number of hydrogen-bond acceptors (Lipinski definition) is 1. The van der Waals surface area contributed by atoms with E-state index in [4.69, 9.17) is 0 Å². The van der Waals surface area contributed by atoms with E-state index in [1.807, 2.05) is 5.32 Å². The maximum Gasteiger partial charge on any atom is 0.412 e. The van der Waals surface area contributed by atoms with Crippen molar-refractivity contribution in [3.8, 4) is 0 Å². The molecular weight excluding hydrogens is 311 g/mol. The molecule has 0 saturated heterocycles. The smallest absolute Gasteiger partial charge is 0.341 e. The summed E-state index contributed by atoms with van der Waals surface area (Å²) in [5, 5.41) is 2.01. The number of carbonyl (C=O) groups excluding carboxylic acids is 1. The fourth-order valence-electron chi connectivity index (χ4n) is 1.32. The van der Waals surface area contributed by atoms with Gasteiger partial charge >= 0.3 is 6.18 Å². The van der Waals surface area contributed by atoms with Crippen molar-refractivity contribution in [3.63, 3.8) is 0 Å². The molecule has 0 aliphatic rings. The second-order valence-electron chi connectivity index (χ2n) is 4.19. The Morgan fingerprint density at radius 1 is 1.22 bits per heavy atom. The van der Waals surface area contributed by atoms with Crippen LogP contribution in [-0.2, 0) is 4.79 Å². The van der Waals surface area contributed by atoms with E-state index in [0.29, 0.717) is 4.47 Å². The molecule has 0 bridgehead atoms. The zero-order chi connectivity index (χ0) is 13.9. The van der Waals surface area contributed by atoms with Gasteiger partial charge in [0.15, 0.2) is 6.04 Å². The molecular formula is C12H13BrF3NO. The fourth-order valence-corrected chi connectivity index (χ4v) is 1.58. The van der Waals surface area contributed by atoms with E-state index < -0.39 is 24.0 Å². The van der Waals surface area contributed by atoms with Crippen LogP contribution in [0.3, 0.4) is 0 Å². The van der Waals surface area contributed by atoms with Crippen molar-refractivity contribution in [2.45, 2.75) is 26.1 Å². The number of halogens is 4. The highest BCUT2D eigenvalue weighted by atomic mass is 79.9. The topological polar surface area (TPSA) is 29.1 Å². The third-order valence-corrected chi connectivity index (χ3v) is 2.87. The maximum absolute atomic E-state index is 12.9. The van der Waals surface area contributed by atoms with Gasteiger partial charge in [-0.1, -0.05) is 41.9 Å². The number of carbonyl (C=O) groups is 1. The van der Waals surface area contributed by atoms with Crippen molar-refractivity contribution < 1.29 is 18.0 Å². The van der Waals surface area contributed by atoms with Crippen molar-refractivity contribution in [2.24, 2.45) is 5.92 Å². The van der Waals surface area contributed by atoms with Crippen molar-refractivity contribution in [1.29, 1.82) is 0 Å². The number of alkyl halides is 3. The molecule has 0 aliphatic heterocycles. The van der Waals surface area contributed by atoms with E-state index in [0.717, 1.165) is 0 Å². The Bertz CT molecular complexity index is 414. The van der Waals surface area contributed by atoms with Gasteiger partial charge in [0.05, 0.1) is 0 Å². The quantitative estimate of drug-likeness (QED) is 0.900. The average molecular weight is 324 g/mol. The van der Waals surface area contributed by atoms with Gasteiger partial charge < -0.3 is 5.32 Å². The monoisotopic (exact) mass is 323 g/mol. The largest absolute Gasteiger partial charge is 0.412 e. The molecule has 1 atom stereocenters. The van der Waals surface area contributed by atoms with Crippen LogP contribution in [0.25, 0.3) is 0 Å². The molecule has 0 radical (unpaired) electrons. The molecule has 1 amide bonds. The number of benzene rings is 1. The van der Waals surface area contributed by atoms with E-state index in [2.05, 4.69) is 15.9 Å². The predicted molar refractivity (Wildman–Crippen MR) is 65.9 cm³/mol. The van der Waals surface area contributed by atoms with Gasteiger partial charge in [0.2, 0.25) is 5.91 Å². The van der Waals surface area contributed by atoms with E-state index in [1.54, 1.807) is 13.8 Å². The van der Waals surface area contributed by atoms with Crippen LogP contribution in [0.2, 0.25) is 0 Å². The molecule has 1 N–H and O–H groups in total. The van der Waals surface area contributed by atoms with Crippen molar-refractivity contribution in [2.75, 3.05) is 0 Å². The number of rotatable bonds is 3. The summed E-state index contributed by atoms with van der Waals surface area (Å²) in [6.45, 7) is 3.09. The lowest BCUT2D eigenvalue weighted by Gasteiger charge is -2.23. The van der Waals surface area contributed by atoms with Gasteiger partial charge in [0, 0.05) is 10.4 Å². The molecule has 0 heterocycles. The standard InChI is InChI=1S/C12H13BrF3NO/c1-7(2)11(18)17-10(12(14,15)16)8-3-5-9(13)6-4-8/h3-7,10H,1-2H3,(H,17,18). The molecule has 18 heavy (non-hydrogen) atoms. The lowest BCUT2D eigenvalue weighted by Crippen LogP contribution is -2.39. The minimum atomic E-state index is -4.52. The van der Waals surface area contributed by atoms with Crippen LogP contribution in [0, 0.1) is 5.92 Å². The van der Waals surface area contributed by atoms with Crippen molar-refractivity contribution in [1.82, 2.24) is 5.32 Å². The molecule has 1 rings (SSSR count). The normalized spacial score (nSPS) is 13.5. The summed E-state index contributed by atoms with van der Waals surface area (Å²) in [6, 6.07) is 3.72. The number of hydrogen-bond donors (Lipinski definition) is 1. The van der Waals surface area contributed by atoms with Crippen LogP contribution in [0.4, 0.5) is 13.2 Å². The second-order valence-corrected chi connectivity index (χ2v) is 5.11. The van der Waals surface area contributed by atoms with Gasteiger partial charge in [-0.05, 0) is 17.7 Å². The highest BCUT2D eigenvalue weighted by Crippen LogP contribution is 2.33. The summed E-state index contributed by atoms with van der Waals surface area (Å²) in [5.41, 5.74) is 0.0136. The Morgan fingerprint density at radius 2 is 1.72 bits per heavy atom. The molecule has 1 aromatic carbocycles. The van der Waals surface area contributed by atoms with Gasteiger partial charge in [0.1, 0.15) is 0 Å². The summed E-state index contributed by atoms with van der Waals surface area (Å²) in [6.07, 6.45) is -4.52. The van der Waals surface area contributed by atoms with Gasteiger partial charge in [-0.15, -0.1) is 0 Å². The second kappa shape index (κ2) is 5.73. The van der Waals surface area contributed by atoms with Crippen molar-refractivity contribution >= 4 is 21.8 Å². The molecule has 1 unspecified atom stereocenters. The summed E-state index contributed by atoms with van der Waals surface area (Å²) in [5.74, 6) is -1.12. The van der Waals surface area contributed by atoms with Crippen molar-refractivity contribution in [3.05, 3.63) is 34.3 Å². The van der Waals surface area contributed by atoms with Crippen LogP contribution in [0.5, 0.6) is 0 Å². The third kappa shape index (κ3) is 4.01. The number of amides is 1. The van der Waals surface area contributed by atoms with E-state index in [-0.39, 0.29) is 5.56 Å². The Morgan fingerprint density at radius 3 is 2.11 bits per heavy atom. The molecule has 1 aromatic rings. The summed E-state index contributed by atoms with van der Waals surface area (Å²) >= 11 is 3.15. The minimum absolute atomic E-state index is 0.0136. The van der Waals surface area contributed by atoms with Gasteiger partial charge in [0.25, 0.3) is 0 Å². The third-order valence-electron chi connectivity index (χ3n) is 2.34. The lowest BCUT2D eigenvalue weighted by molar-refractivity contribution is -0.164. The first-order valence-corrected chi connectivity index (χ1v) is 6.13. The first-order chi connectivity index (χ1) is 8.21. The summed E-state index contributed by atoms with van der Waals surface area (Å²) in [4.78, 5) is 11.4. The predicted octanol–water partition coefficient (Wildman–Crippen LogP) is 3.82. The van der Waals surface area contributed by atoms with Gasteiger partial charge in [-0.25, -0.2) is 0 Å². The highest BCUT2D eigenvalue weighted by Gasteiger charge is 2.42. The molecule has 0 spiro atoms. The van der Waals surface area contributed by atoms with Crippen LogP contribution in [0.1, 0.15) is 25.5 Å². The van der Waals surface area contributed by atoms with Crippen LogP contribution >= 0.6 is 15.9 Å². The van der Waals surface area contributed by atoms with Crippen LogP contribution in [-0.4, -0.2) is 12.1 Å². The summed E-state index contributed by atoms with van der Waals surface area (Å²) in [7, 11) is 0. The van der Waals surface area contributed by atoms with E-state index in [9.17, 15) is 18.0 Å². The maximum atomic E-state index is 12.9. The SMILES string of the molecule is CC(C)C(=O)NC(c1ccc(Br)cc1)C(F)(F)F. The average Bonchev–Trinajstić information content (AvgIpc) is 2.25.